The number of nitrogens with one attached hydrogen (secondary N) is 1. The van der Waals surface area contributed by atoms with E-state index in [-0.39, 0.29) is 11.3 Å². The van der Waals surface area contributed by atoms with E-state index in [1.165, 1.54) is 12.1 Å². The molecule has 0 spiro atoms. The third-order valence-corrected chi connectivity index (χ3v) is 2.06. The fourth-order valence-corrected chi connectivity index (χ4v) is 1.36. The number of ether oxygens (including phenoxy) is 1. The molecule has 1 amide bonds. The van der Waals surface area contributed by atoms with Crippen LogP contribution in [0.5, 0.6) is 0 Å². The number of amides is 1. The van der Waals surface area contributed by atoms with E-state index in [0.717, 1.165) is 6.07 Å². The Kier molecular flexibility index (Phi) is 4.47. The lowest BCUT2D eigenvalue weighted by molar-refractivity contribution is -0.125. The van der Waals surface area contributed by atoms with Gasteiger partial charge in [0.1, 0.15) is 5.82 Å². The molecule has 3 N–H and O–H groups in total. The summed E-state index contributed by atoms with van der Waals surface area (Å²) in [5.74, 6) is -2.12. The normalized spacial score (nSPS) is 10.9. The van der Waals surface area contributed by atoms with Crippen LogP contribution in [0.1, 0.15) is 31.1 Å². The van der Waals surface area contributed by atoms with Crippen LogP contribution < -0.4 is 11.1 Å². The van der Waals surface area contributed by atoms with Crippen LogP contribution in [0, 0.1) is 5.82 Å². The second kappa shape index (κ2) is 5.69. The number of hydrogen-bond donors (Lipinski definition) is 2. The predicted molar refractivity (Wildman–Crippen MR) is 69.0 cm³/mol. The molecule has 0 unspecified atom stereocenters. The van der Waals surface area contributed by atoms with Crippen molar-refractivity contribution >= 4 is 17.6 Å². The molecule has 5 nitrogen and oxygen atoms in total. The molecule has 0 aliphatic heterocycles. The predicted octanol–water partition coefficient (Wildman–Crippen LogP) is 1.48. The summed E-state index contributed by atoms with van der Waals surface area (Å²) in [6, 6.07) is 3.57. The second-order valence-electron chi connectivity index (χ2n) is 5.11. The Morgan fingerprint density at radius 3 is 2.58 bits per heavy atom. The molecular formula is C13H17FN2O3. The van der Waals surface area contributed by atoms with Gasteiger partial charge in [-0.2, -0.15) is 0 Å². The fourth-order valence-electron chi connectivity index (χ4n) is 1.36. The Bertz CT molecular complexity index is 495. The lowest BCUT2D eigenvalue weighted by Crippen LogP contribution is -2.42. The Balaban J connectivity index is 2.61. The molecule has 19 heavy (non-hydrogen) atoms. The van der Waals surface area contributed by atoms with Crippen LogP contribution in [0.3, 0.4) is 0 Å². The molecule has 1 aromatic carbocycles. The van der Waals surface area contributed by atoms with Gasteiger partial charge >= 0.3 is 5.97 Å². The van der Waals surface area contributed by atoms with Crippen LogP contribution in [0.4, 0.5) is 10.1 Å². The maximum atomic E-state index is 13.4. The van der Waals surface area contributed by atoms with Crippen molar-refractivity contribution in [3.05, 3.63) is 29.6 Å². The number of nitrogens with two attached hydrogens (primary N) is 1. The summed E-state index contributed by atoms with van der Waals surface area (Å²) in [7, 11) is 0. The van der Waals surface area contributed by atoms with Crippen LogP contribution in [0.2, 0.25) is 0 Å². The minimum absolute atomic E-state index is 0.243. The number of hydrogen-bond acceptors (Lipinski definition) is 4. The standard InChI is InChI=1S/C13H17FN2O3/c1-13(2,3)16-11(17)7-19-12(18)9-6-8(15)4-5-10(9)14/h4-6H,7,15H2,1-3H3,(H,16,17). The Hall–Kier alpha value is -2.11. The van der Waals surface area contributed by atoms with Gasteiger partial charge in [0, 0.05) is 11.2 Å². The number of nitrogen functional groups attached to an aromatic ring is 1. The van der Waals surface area contributed by atoms with E-state index >= 15 is 0 Å². The van der Waals surface area contributed by atoms with Crippen molar-refractivity contribution in [3.63, 3.8) is 0 Å². The first kappa shape index (κ1) is 14.9. The highest BCUT2D eigenvalue weighted by molar-refractivity contribution is 5.92. The lowest BCUT2D eigenvalue weighted by Gasteiger charge is -2.20. The van der Waals surface area contributed by atoms with Crippen molar-refractivity contribution in [1.29, 1.82) is 0 Å². The number of carbonyl (C=O) groups is 2. The van der Waals surface area contributed by atoms with Gasteiger partial charge in [-0.15, -0.1) is 0 Å². The van der Waals surface area contributed by atoms with E-state index in [4.69, 9.17) is 10.5 Å². The van der Waals surface area contributed by atoms with E-state index < -0.39 is 29.8 Å². The summed E-state index contributed by atoms with van der Waals surface area (Å²) in [4.78, 5) is 23.0. The molecule has 0 heterocycles. The van der Waals surface area contributed by atoms with Crippen molar-refractivity contribution in [2.45, 2.75) is 26.3 Å². The first-order valence-corrected chi connectivity index (χ1v) is 5.72. The van der Waals surface area contributed by atoms with Gasteiger partial charge in [-0.25, -0.2) is 9.18 Å². The van der Waals surface area contributed by atoms with Crippen LogP contribution >= 0.6 is 0 Å². The van der Waals surface area contributed by atoms with Crippen LogP contribution in [-0.4, -0.2) is 24.0 Å². The van der Waals surface area contributed by atoms with Gasteiger partial charge in [-0.3, -0.25) is 4.79 Å². The molecule has 0 aliphatic carbocycles. The highest BCUT2D eigenvalue weighted by atomic mass is 19.1. The molecule has 1 aromatic rings. The van der Waals surface area contributed by atoms with Gasteiger partial charge in [0.2, 0.25) is 0 Å². The van der Waals surface area contributed by atoms with Crippen LogP contribution in [-0.2, 0) is 9.53 Å². The van der Waals surface area contributed by atoms with E-state index in [0.29, 0.717) is 0 Å². The smallest absolute Gasteiger partial charge is 0.341 e. The number of esters is 1. The molecule has 0 bridgehead atoms. The monoisotopic (exact) mass is 268 g/mol. The average molecular weight is 268 g/mol. The Morgan fingerprint density at radius 1 is 1.37 bits per heavy atom. The third-order valence-electron chi connectivity index (χ3n) is 2.06. The number of halogens is 1. The lowest BCUT2D eigenvalue weighted by atomic mass is 10.1. The molecule has 104 valence electrons. The van der Waals surface area contributed by atoms with Crippen molar-refractivity contribution < 1.29 is 18.7 Å². The zero-order valence-electron chi connectivity index (χ0n) is 11.1. The Labute approximate surface area is 110 Å². The summed E-state index contributed by atoms with van der Waals surface area (Å²) in [6.07, 6.45) is 0. The van der Waals surface area contributed by atoms with Crippen molar-refractivity contribution in [3.8, 4) is 0 Å². The summed E-state index contributed by atoms with van der Waals surface area (Å²) in [5, 5.41) is 2.62. The SMILES string of the molecule is CC(C)(C)NC(=O)COC(=O)c1cc(N)ccc1F. The van der Waals surface area contributed by atoms with Crippen molar-refractivity contribution in [2.75, 3.05) is 12.3 Å². The van der Waals surface area contributed by atoms with E-state index in [2.05, 4.69) is 5.32 Å². The highest BCUT2D eigenvalue weighted by Crippen LogP contribution is 2.13. The summed E-state index contributed by atoms with van der Waals surface area (Å²) < 4.78 is 18.1. The summed E-state index contributed by atoms with van der Waals surface area (Å²) >= 11 is 0. The van der Waals surface area contributed by atoms with Crippen LogP contribution in [0.15, 0.2) is 18.2 Å². The first-order chi connectivity index (χ1) is 8.69. The molecule has 0 saturated carbocycles. The minimum Gasteiger partial charge on any atom is -0.452 e. The molecular weight excluding hydrogens is 251 g/mol. The van der Waals surface area contributed by atoms with E-state index in [9.17, 15) is 14.0 Å². The topological polar surface area (TPSA) is 81.4 Å². The summed E-state index contributed by atoms with van der Waals surface area (Å²) in [5.41, 5.74) is 4.98. The van der Waals surface area contributed by atoms with E-state index in [1.54, 1.807) is 20.8 Å². The number of anilines is 1. The van der Waals surface area contributed by atoms with Gasteiger partial charge < -0.3 is 15.8 Å². The largest absolute Gasteiger partial charge is 0.452 e. The maximum Gasteiger partial charge on any atom is 0.341 e. The molecule has 0 aliphatic rings. The second-order valence-corrected chi connectivity index (χ2v) is 5.11. The van der Waals surface area contributed by atoms with Crippen molar-refractivity contribution in [1.82, 2.24) is 5.32 Å². The number of benzene rings is 1. The van der Waals surface area contributed by atoms with Gasteiger partial charge in [0.05, 0.1) is 5.56 Å². The maximum absolute atomic E-state index is 13.4. The van der Waals surface area contributed by atoms with Crippen molar-refractivity contribution in [2.24, 2.45) is 0 Å². The summed E-state index contributed by atoms with van der Waals surface area (Å²) in [6.45, 7) is 4.92. The molecule has 1 rings (SSSR count). The average Bonchev–Trinajstić information content (AvgIpc) is 2.27. The third kappa shape index (κ3) is 4.95. The molecule has 0 fully saturated rings. The molecule has 0 radical (unpaired) electrons. The minimum atomic E-state index is -0.922. The number of rotatable bonds is 3. The van der Waals surface area contributed by atoms with E-state index in [1.807, 2.05) is 0 Å². The first-order valence-electron chi connectivity index (χ1n) is 5.72. The van der Waals surface area contributed by atoms with Gasteiger partial charge in [-0.05, 0) is 39.0 Å². The van der Waals surface area contributed by atoms with Crippen LogP contribution in [0.25, 0.3) is 0 Å². The Morgan fingerprint density at radius 2 is 2.00 bits per heavy atom. The highest BCUT2D eigenvalue weighted by Gasteiger charge is 2.18. The van der Waals surface area contributed by atoms with Gasteiger partial charge in [0.15, 0.2) is 6.61 Å². The zero-order chi connectivity index (χ0) is 14.6. The fraction of sp³-hybridized carbons (Fsp3) is 0.385. The van der Waals surface area contributed by atoms with Gasteiger partial charge in [0.25, 0.3) is 5.91 Å². The molecule has 0 aromatic heterocycles. The van der Waals surface area contributed by atoms with Gasteiger partial charge in [-0.1, -0.05) is 0 Å². The molecule has 6 heteroatoms. The molecule has 0 atom stereocenters. The quantitative estimate of drug-likeness (QED) is 0.642. The molecule has 0 saturated heterocycles. The zero-order valence-corrected chi connectivity index (χ0v) is 11.1. The number of carbonyl (C=O) groups excluding carboxylic acids is 2.